The molecule has 0 atom stereocenters. The van der Waals surface area contributed by atoms with Gasteiger partial charge in [0.15, 0.2) is 0 Å². The highest BCUT2D eigenvalue weighted by molar-refractivity contribution is 6.39. The fourth-order valence-corrected chi connectivity index (χ4v) is 2.38. The lowest BCUT2D eigenvalue weighted by Crippen LogP contribution is -1.86. The van der Waals surface area contributed by atoms with Crippen LogP contribution < -0.4 is 11.5 Å². The van der Waals surface area contributed by atoms with Crippen molar-refractivity contribution in [3.8, 4) is 22.6 Å². The second-order valence-electron chi connectivity index (χ2n) is 4.99. The number of hydrogen-bond acceptors (Lipinski definition) is 4. The van der Waals surface area contributed by atoms with Crippen LogP contribution in [-0.4, -0.2) is 10.2 Å². The van der Waals surface area contributed by atoms with Crippen LogP contribution in [0.5, 0.6) is 11.5 Å². The van der Waals surface area contributed by atoms with Gasteiger partial charge in [0, 0.05) is 17.8 Å². The Morgan fingerprint density at radius 3 is 1.50 bits per heavy atom. The van der Waals surface area contributed by atoms with E-state index >= 15 is 0 Å². The zero-order valence-electron chi connectivity index (χ0n) is 12.6. The molecule has 0 saturated carbocycles. The largest absolute Gasteiger partial charge is 0.508 e. The number of hydrogen-bond donors (Lipinski definition) is 4. The molecular weight excluding hydrogens is 347 g/mol. The number of aromatic hydroxyl groups is 2. The van der Waals surface area contributed by atoms with Gasteiger partial charge in [-0.25, -0.2) is 0 Å². The summed E-state index contributed by atoms with van der Waals surface area (Å²) in [4.78, 5) is 0. The Morgan fingerprint density at radius 1 is 0.625 bits per heavy atom. The second kappa shape index (κ2) is 7.81. The van der Waals surface area contributed by atoms with E-state index in [1.165, 1.54) is 12.1 Å². The van der Waals surface area contributed by atoms with Crippen molar-refractivity contribution in [2.75, 3.05) is 11.5 Å². The maximum absolute atomic E-state index is 9.13. The van der Waals surface area contributed by atoms with Crippen LogP contribution >= 0.6 is 23.2 Å². The van der Waals surface area contributed by atoms with Gasteiger partial charge in [0.1, 0.15) is 11.5 Å². The molecule has 3 aromatic rings. The summed E-state index contributed by atoms with van der Waals surface area (Å²) in [6.45, 7) is 0. The summed E-state index contributed by atoms with van der Waals surface area (Å²) in [7, 11) is 0. The lowest BCUT2D eigenvalue weighted by molar-refractivity contribution is 0.475. The van der Waals surface area contributed by atoms with Gasteiger partial charge >= 0.3 is 0 Å². The van der Waals surface area contributed by atoms with Gasteiger partial charge in [0.25, 0.3) is 0 Å². The Kier molecular flexibility index (Phi) is 5.79. The molecule has 4 nitrogen and oxygen atoms in total. The number of anilines is 2. The molecule has 0 aliphatic carbocycles. The average Bonchev–Trinajstić information content (AvgIpc) is 2.55. The first kappa shape index (κ1) is 17.8. The molecule has 24 heavy (non-hydrogen) atoms. The third-order valence-electron chi connectivity index (χ3n) is 3.18. The molecule has 0 aliphatic heterocycles. The van der Waals surface area contributed by atoms with E-state index in [0.717, 1.165) is 16.8 Å². The van der Waals surface area contributed by atoms with E-state index in [9.17, 15) is 0 Å². The highest BCUT2D eigenvalue weighted by Crippen LogP contribution is 2.31. The summed E-state index contributed by atoms with van der Waals surface area (Å²) in [5.41, 5.74) is 14.2. The van der Waals surface area contributed by atoms with Crippen molar-refractivity contribution in [3.05, 3.63) is 70.7 Å². The number of phenolic OH excluding ortho intramolecular Hbond substituents is 2. The van der Waals surface area contributed by atoms with Gasteiger partial charge in [0.2, 0.25) is 0 Å². The summed E-state index contributed by atoms with van der Waals surface area (Å²) in [5.74, 6) is 0.299. The van der Waals surface area contributed by atoms with Crippen molar-refractivity contribution in [1.29, 1.82) is 0 Å². The minimum absolute atomic E-state index is 0.0178. The van der Waals surface area contributed by atoms with Crippen molar-refractivity contribution < 1.29 is 10.2 Å². The van der Waals surface area contributed by atoms with E-state index in [2.05, 4.69) is 0 Å². The average molecular weight is 363 g/mol. The quantitative estimate of drug-likeness (QED) is 0.365. The molecule has 0 fully saturated rings. The van der Waals surface area contributed by atoms with Crippen molar-refractivity contribution in [1.82, 2.24) is 0 Å². The fourth-order valence-electron chi connectivity index (χ4n) is 1.90. The summed E-state index contributed by atoms with van der Waals surface area (Å²) in [5, 5.41) is 18.6. The molecule has 0 heterocycles. The second-order valence-corrected chi connectivity index (χ2v) is 5.81. The standard InChI is InChI=1S/C12H11NO.C6H5Cl2NO/c13-11-5-1-9(2-6-11)10-3-7-12(14)8-4-10;7-4-1-3(10)2-5(8)6(4)9/h1-8,14H,13H2;1-2,10H,9H2. The molecule has 0 saturated heterocycles. The Morgan fingerprint density at radius 2 is 1.04 bits per heavy atom. The Balaban J connectivity index is 0.000000185. The zero-order chi connectivity index (χ0) is 17.7. The number of benzene rings is 3. The number of phenols is 2. The molecule has 0 radical (unpaired) electrons. The predicted octanol–water partition coefficient (Wildman–Crippen LogP) is 4.92. The van der Waals surface area contributed by atoms with Crippen LogP contribution in [0.15, 0.2) is 60.7 Å². The topological polar surface area (TPSA) is 92.5 Å². The van der Waals surface area contributed by atoms with Gasteiger partial charge in [-0.3, -0.25) is 0 Å². The number of rotatable bonds is 1. The maximum atomic E-state index is 9.13. The molecule has 6 heteroatoms. The number of nitrogens with two attached hydrogens (primary N) is 2. The first-order valence-electron chi connectivity index (χ1n) is 6.95. The van der Waals surface area contributed by atoms with Gasteiger partial charge < -0.3 is 21.7 Å². The van der Waals surface area contributed by atoms with Gasteiger partial charge in [-0.05, 0) is 35.4 Å². The van der Waals surface area contributed by atoms with Crippen LogP contribution in [0.1, 0.15) is 0 Å². The van der Waals surface area contributed by atoms with Gasteiger partial charge in [-0.1, -0.05) is 47.5 Å². The number of nitrogen functional groups attached to an aromatic ring is 2. The van der Waals surface area contributed by atoms with Gasteiger partial charge in [-0.15, -0.1) is 0 Å². The van der Waals surface area contributed by atoms with Crippen molar-refractivity contribution >= 4 is 34.6 Å². The molecule has 0 aliphatic rings. The molecule has 124 valence electrons. The van der Waals surface area contributed by atoms with Crippen LogP contribution in [0.4, 0.5) is 11.4 Å². The Labute approximate surface area is 149 Å². The summed E-state index contributed by atoms with van der Waals surface area (Å²) in [6.07, 6.45) is 0. The van der Waals surface area contributed by atoms with Crippen LogP contribution in [0, 0.1) is 0 Å². The van der Waals surface area contributed by atoms with E-state index in [-0.39, 0.29) is 21.5 Å². The highest BCUT2D eigenvalue weighted by Gasteiger charge is 2.02. The lowest BCUT2D eigenvalue weighted by atomic mass is 10.1. The Bertz CT molecular complexity index is 753. The maximum Gasteiger partial charge on any atom is 0.118 e. The smallest absolute Gasteiger partial charge is 0.118 e. The number of halogens is 2. The highest BCUT2D eigenvalue weighted by atomic mass is 35.5. The molecule has 0 unspecified atom stereocenters. The molecule has 3 rings (SSSR count). The first-order valence-corrected chi connectivity index (χ1v) is 7.71. The van der Waals surface area contributed by atoms with E-state index < -0.39 is 0 Å². The van der Waals surface area contributed by atoms with Crippen molar-refractivity contribution in [2.45, 2.75) is 0 Å². The predicted molar refractivity (Wildman–Crippen MR) is 100 cm³/mol. The van der Waals surface area contributed by atoms with Crippen LogP contribution in [0.3, 0.4) is 0 Å². The van der Waals surface area contributed by atoms with Crippen LogP contribution in [-0.2, 0) is 0 Å². The molecule has 3 aromatic carbocycles. The SMILES string of the molecule is Nc1c(Cl)cc(O)cc1Cl.Nc1ccc(-c2ccc(O)cc2)cc1. The Hall–Kier alpha value is -2.56. The van der Waals surface area contributed by atoms with Crippen molar-refractivity contribution in [2.24, 2.45) is 0 Å². The molecule has 0 spiro atoms. The van der Waals surface area contributed by atoms with Crippen LogP contribution in [0.2, 0.25) is 10.0 Å². The summed E-state index contributed by atoms with van der Waals surface area (Å²) < 4.78 is 0. The molecule has 0 aromatic heterocycles. The lowest BCUT2D eigenvalue weighted by Gasteiger charge is -2.01. The normalized spacial score (nSPS) is 9.92. The summed E-state index contributed by atoms with van der Waals surface area (Å²) in [6, 6.07) is 17.4. The molecule has 6 N–H and O–H groups in total. The third kappa shape index (κ3) is 4.72. The van der Waals surface area contributed by atoms with Crippen LogP contribution in [0.25, 0.3) is 11.1 Å². The van der Waals surface area contributed by atoms with E-state index in [0.29, 0.717) is 5.69 Å². The molecular formula is C18H16Cl2N2O2. The van der Waals surface area contributed by atoms with Crippen molar-refractivity contribution in [3.63, 3.8) is 0 Å². The molecule has 0 bridgehead atoms. The van der Waals surface area contributed by atoms with E-state index in [4.69, 9.17) is 44.9 Å². The van der Waals surface area contributed by atoms with E-state index in [1.54, 1.807) is 12.1 Å². The van der Waals surface area contributed by atoms with Gasteiger partial charge in [0.05, 0.1) is 15.7 Å². The summed E-state index contributed by atoms with van der Waals surface area (Å²) >= 11 is 11.1. The molecule has 0 amide bonds. The van der Waals surface area contributed by atoms with Gasteiger partial charge in [-0.2, -0.15) is 0 Å². The van der Waals surface area contributed by atoms with E-state index in [1.807, 2.05) is 36.4 Å². The third-order valence-corrected chi connectivity index (χ3v) is 3.80. The monoisotopic (exact) mass is 362 g/mol. The zero-order valence-corrected chi connectivity index (χ0v) is 14.1. The minimum atomic E-state index is 0.0178. The fraction of sp³-hybridized carbons (Fsp3) is 0. The first-order chi connectivity index (χ1) is 11.4. The minimum Gasteiger partial charge on any atom is -0.508 e.